The van der Waals surface area contributed by atoms with E-state index in [4.69, 9.17) is 9.47 Å². The minimum Gasteiger partial charge on any atom is -0.493 e. The average Bonchev–Trinajstić information content (AvgIpc) is 2.48. The fraction of sp³-hybridized carbons (Fsp3) is 0.278. The van der Waals surface area contributed by atoms with Crippen molar-refractivity contribution in [2.45, 2.75) is 20.8 Å². The minimum absolute atomic E-state index is 0.000960. The van der Waals surface area contributed by atoms with Crippen molar-refractivity contribution in [1.29, 1.82) is 0 Å². The Kier molecular flexibility index (Phi) is 4.32. The maximum absolute atomic E-state index is 11.7. The van der Waals surface area contributed by atoms with Gasteiger partial charge in [0, 0.05) is 11.1 Å². The van der Waals surface area contributed by atoms with Gasteiger partial charge >= 0.3 is 0 Å². The van der Waals surface area contributed by atoms with Crippen LogP contribution < -0.4 is 9.47 Å². The van der Waals surface area contributed by atoms with Crippen LogP contribution in [0, 0.1) is 13.8 Å². The lowest BCUT2D eigenvalue weighted by Gasteiger charge is -2.15. The predicted octanol–water partition coefficient (Wildman–Crippen LogP) is 4.19. The first-order chi connectivity index (χ1) is 9.97. The van der Waals surface area contributed by atoms with E-state index in [0.717, 1.165) is 11.1 Å². The number of benzene rings is 2. The highest BCUT2D eigenvalue weighted by atomic mass is 16.5. The molecule has 0 atom stereocenters. The molecule has 0 amide bonds. The third kappa shape index (κ3) is 2.92. The number of ketones is 1. The highest BCUT2D eigenvalue weighted by Gasteiger charge is 2.16. The normalized spacial score (nSPS) is 10.3. The van der Waals surface area contributed by atoms with E-state index in [2.05, 4.69) is 26.0 Å². The van der Waals surface area contributed by atoms with Gasteiger partial charge in [-0.15, -0.1) is 0 Å². The van der Waals surface area contributed by atoms with E-state index >= 15 is 0 Å². The van der Waals surface area contributed by atoms with Crippen molar-refractivity contribution in [2.75, 3.05) is 14.2 Å². The third-order valence-corrected chi connectivity index (χ3v) is 3.70. The molecule has 0 aliphatic heterocycles. The molecule has 21 heavy (non-hydrogen) atoms. The second-order valence-corrected chi connectivity index (χ2v) is 5.11. The molecule has 0 fully saturated rings. The van der Waals surface area contributed by atoms with Crippen LogP contribution in [0.2, 0.25) is 0 Å². The minimum atomic E-state index is 0.000960. The monoisotopic (exact) mass is 284 g/mol. The molecule has 0 aliphatic rings. The van der Waals surface area contributed by atoms with Crippen LogP contribution in [0.25, 0.3) is 11.1 Å². The zero-order valence-corrected chi connectivity index (χ0v) is 13.1. The van der Waals surface area contributed by atoms with Crippen LogP contribution in [-0.4, -0.2) is 20.0 Å². The zero-order chi connectivity index (χ0) is 15.6. The van der Waals surface area contributed by atoms with E-state index in [9.17, 15) is 4.79 Å². The van der Waals surface area contributed by atoms with Gasteiger partial charge in [0.25, 0.3) is 0 Å². The first-order valence-corrected chi connectivity index (χ1v) is 6.82. The third-order valence-electron chi connectivity index (χ3n) is 3.70. The zero-order valence-electron chi connectivity index (χ0n) is 13.1. The summed E-state index contributed by atoms with van der Waals surface area (Å²) in [6.45, 7) is 5.69. The molecule has 3 nitrogen and oxygen atoms in total. The van der Waals surface area contributed by atoms with Gasteiger partial charge in [0.05, 0.1) is 14.2 Å². The fourth-order valence-electron chi connectivity index (χ4n) is 2.29. The van der Waals surface area contributed by atoms with E-state index in [1.807, 2.05) is 12.1 Å². The molecule has 0 saturated heterocycles. The summed E-state index contributed by atoms with van der Waals surface area (Å²) in [4.78, 5) is 11.7. The summed E-state index contributed by atoms with van der Waals surface area (Å²) in [6, 6.07) is 9.76. The molecule has 0 saturated carbocycles. The molecule has 0 heterocycles. The average molecular weight is 284 g/mol. The summed E-state index contributed by atoms with van der Waals surface area (Å²) in [7, 11) is 3.18. The summed E-state index contributed by atoms with van der Waals surface area (Å²) >= 11 is 0. The number of carbonyl (C=O) groups excluding carboxylic acids is 1. The molecular formula is C18H20O3. The van der Waals surface area contributed by atoms with Crippen molar-refractivity contribution >= 4 is 5.78 Å². The molecule has 0 aromatic heterocycles. The lowest BCUT2D eigenvalue weighted by Crippen LogP contribution is -1.99. The standard InChI is InChI=1S/C18H20O3/c1-11-6-7-14(8-12(11)2)16-9-15(13(3)19)10-17(20-4)18(16)21-5/h6-10H,1-5H3. The first-order valence-electron chi connectivity index (χ1n) is 6.82. The second kappa shape index (κ2) is 6.00. The van der Waals surface area contributed by atoms with Gasteiger partial charge in [-0.1, -0.05) is 18.2 Å². The van der Waals surface area contributed by atoms with Crippen molar-refractivity contribution in [3.8, 4) is 22.6 Å². The van der Waals surface area contributed by atoms with Crippen LogP contribution >= 0.6 is 0 Å². The number of rotatable bonds is 4. The smallest absolute Gasteiger partial charge is 0.168 e. The summed E-state index contributed by atoms with van der Waals surface area (Å²) in [5, 5.41) is 0. The maximum Gasteiger partial charge on any atom is 0.168 e. The Bertz CT molecular complexity index is 687. The fourth-order valence-corrected chi connectivity index (χ4v) is 2.29. The molecule has 2 aromatic rings. The highest BCUT2D eigenvalue weighted by Crippen LogP contribution is 2.39. The van der Waals surface area contributed by atoms with Gasteiger partial charge in [-0.25, -0.2) is 0 Å². The maximum atomic E-state index is 11.7. The Hall–Kier alpha value is -2.29. The van der Waals surface area contributed by atoms with E-state index in [1.165, 1.54) is 11.1 Å². The Morgan fingerprint density at radius 2 is 1.67 bits per heavy atom. The van der Waals surface area contributed by atoms with Crippen molar-refractivity contribution < 1.29 is 14.3 Å². The van der Waals surface area contributed by atoms with Gasteiger partial charge in [0.15, 0.2) is 17.3 Å². The van der Waals surface area contributed by atoms with E-state index < -0.39 is 0 Å². The largest absolute Gasteiger partial charge is 0.493 e. The number of aryl methyl sites for hydroxylation is 2. The summed E-state index contributed by atoms with van der Waals surface area (Å²) in [5.41, 5.74) is 4.91. The van der Waals surface area contributed by atoms with Gasteiger partial charge in [-0.3, -0.25) is 4.79 Å². The van der Waals surface area contributed by atoms with Gasteiger partial charge in [-0.2, -0.15) is 0 Å². The highest BCUT2D eigenvalue weighted by molar-refractivity contribution is 5.97. The van der Waals surface area contributed by atoms with E-state index in [0.29, 0.717) is 17.1 Å². The van der Waals surface area contributed by atoms with E-state index in [-0.39, 0.29) is 5.78 Å². The van der Waals surface area contributed by atoms with Gasteiger partial charge in [0.2, 0.25) is 0 Å². The second-order valence-electron chi connectivity index (χ2n) is 5.11. The molecule has 0 unspecified atom stereocenters. The Labute approximate surface area is 125 Å². The van der Waals surface area contributed by atoms with Crippen molar-refractivity contribution in [3.63, 3.8) is 0 Å². The number of hydrogen-bond donors (Lipinski definition) is 0. The molecule has 2 aromatic carbocycles. The summed E-state index contributed by atoms with van der Waals surface area (Å²) in [5.74, 6) is 1.21. The van der Waals surface area contributed by atoms with Crippen LogP contribution in [-0.2, 0) is 0 Å². The number of carbonyl (C=O) groups is 1. The molecule has 0 spiro atoms. The Morgan fingerprint density at radius 1 is 0.952 bits per heavy atom. The lowest BCUT2D eigenvalue weighted by atomic mass is 9.97. The summed E-state index contributed by atoms with van der Waals surface area (Å²) < 4.78 is 10.9. The molecule has 0 aliphatic carbocycles. The first kappa shape index (κ1) is 15.1. The topological polar surface area (TPSA) is 35.5 Å². The number of methoxy groups -OCH3 is 2. The molecule has 2 rings (SSSR count). The number of ether oxygens (including phenoxy) is 2. The van der Waals surface area contributed by atoms with Gasteiger partial charge in [-0.05, 0) is 49.6 Å². The lowest BCUT2D eigenvalue weighted by molar-refractivity contribution is 0.101. The van der Waals surface area contributed by atoms with Gasteiger partial charge in [0.1, 0.15) is 0 Å². The van der Waals surface area contributed by atoms with Crippen molar-refractivity contribution in [1.82, 2.24) is 0 Å². The van der Waals surface area contributed by atoms with Gasteiger partial charge < -0.3 is 9.47 Å². The SMILES string of the molecule is COc1cc(C(C)=O)cc(-c2ccc(C)c(C)c2)c1OC. The summed E-state index contributed by atoms with van der Waals surface area (Å²) in [6.07, 6.45) is 0. The van der Waals surface area contributed by atoms with Crippen LogP contribution in [0.3, 0.4) is 0 Å². The van der Waals surface area contributed by atoms with Crippen LogP contribution in [0.4, 0.5) is 0 Å². The molecular weight excluding hydrogens is 264 g/mol. The predicted molar refractivity (Wildman–Crippen MR) is 84.5 cm³/mol. The van der Waals surface area contributed by atoms with E-state index in [1.54, 1.807) is 27.2 Å². The molecule has 0 bridgehead atoms. The molecule has 0 radical (unpaired) electrons. The molecule has 3 heteroatoms. The number of hydrogen-bond acceptors (Lipinski definition) is 3. The van der Waals surface area contributed by atoms with Crippen molar-refractivity contribution in [2.24, 2.45) is 0 Å². The quantitative estimate of drug-likeness (QED) is 0.790. The Morgan fingerprint density at radius 3 is 2.19 bits per heavy atom. The van der Waals surface area contributed by atoms with Crippen LogP contribution in [0.15, 0.2) is 30.3 Å². The van der Waals surface area contributed by atoms with Crippen molar-refractivity contribution in [3.05, 3.63) is 47.0 Å². The molecule has 0 N–H and O–H groups in total. The van der Waals surface area contributed by atoms with Crippen LogP contribution in [0.1, 0.15) is 28.4 Å². The number of Topliss-reactive ketones (excluding diaryl/α,β-unsaturated/α-hetero) is 1. The molecule has 110 valence electrons. The Balaban J connectivity index is 2.72. The van der Waals surface area contributed by atoms with Crippen LogP contribution in [0.5, 0.6) is 11.5 Å².